The molecule has 1 unspecified atom stereocenters. The molecule has 0 saturated carbocycles. The quantitative estimate of drug-likeness (QED) is 0.742. The second-order valence-corrected chi connectivity index (χ2v) is 9.87. The van der Waals surface area contributed by atoms with Crippen molar-refractivity contribution in [3.63, 3.8) is 0 Å². The van der Waals surface area contributed by atoms with Gasteiger partial charge in [0.1, 0.15) is 0 Å². The first-order valence-corrected chi connectivity index (χ1v) is 10.9. The molecular formula is C21H36N4O2. The number of hydrogen-bond donors (Lipinski definition) is 0. The molecule has 27 heavy (non-hydrogen) atoms. The highest BCUT2D eigenvalue weighted by Crippen LogP contribution is 2.57. The number of likely N-dealkylation sites (tertiary alicyclic amines) is 4. The molecule has 0 aromatic rings. The Bertz CT molecular complexity index is 593. The van der Waals surface area contributed by atoms with Crippen LogP contribution in [0, 0.1) is 16.7 Å². The lowest BCUT2D eigenvalue weighted by Crippen LogP contribution is -2.55. The molecule has 152 valence electrons. The van der Waals surface area contributed by atoms with Crippen molar-refractivity contribution in [3.8, 4) is 0 Å². The van der Waals surface area contributed by atoms with Gasteiger partial charge in [-0.05, 0) is 38.0 Å². The smallest absolute Gasteiger partial charge is 0.319 e. The van der Waals surface area contributed by atoms with Crippen molar-refractivity contribution in [1.82, 2.24) is 19.6 Å². The minimum atomic E-state index is -0.223. The Morgan fingerprint density at radius 2 is 1.59 bits per heavy atom. The average molecular weight is 377 g/mol. The van der Waals surface area contributed by atoms with E-state index >= 15 is 0 Å². The number of piperidine rings is 1. The largest absolute Gasteiger partial charge is 0.345 e. The molecule has 0 aromatic heterocycles. The zero-order valence-electron chi connectivity index (χ0n) is 17.4. The molecule has 0 aromatic carbocycles. The van der Waals surface area contributed by atoms with E-state index in [-0.39, 0.29) is 16.9 Å². The molecule has 3 amide bonds. The second-order valence-electron chi connectivity index (χ2n) is 9.87. The summed E-state index contributed by atoms with van der Waals surface area (Å²) in [5, 5.41) is 0. The Morgan fingerprint density at radius 3 is 2.15 bits per heavy atom. The Hall–Kier alpha value is -1.30. The van der Waals surface area contributed by atoms with Gasteiger partial charge < -0.3 is 19.6 Å². The highest BCUT2D eigenvalue weighted by atomic mass is 16.2. The maximum absolute atomic E-state index is 13.3. The number of amides is 3. The first-order chi connectivity index (χ1) is 12.9. The standard InChI is InChI=1S/C21H36N4O2/c1-17(2)14-23-15-20(21(16-23)8-11-22(3)18(21)26)6-12-25(13-7-20)19(27)24-9-4-5-10-24/h17H,4-16H2,1-3H3. The fraction of sp³-hybridized carbons (Fsp3) is 0.905. The molecule has 0 bridgehead atoms. The van der Waals surface area contributed by atoms with Crippen molar-refractivity contribution in [1.29, 1.82) is 0 Å². The molecule has 4 aliphatic heterocycles. The van der Waals surface area contributed by atoms with E-state index in [2.05, 4.69) is 23.6 Å². The molecule has 6 heteroatoms. The van der Waals surface area contributed by atoms with E-state index in [1.54, 1.807) is 0 Å². The normalized spacial score (nSPS) is 31.3. The summed E-state index contributed by atoms with van der Waals surface area (Å²) in [6.45, 7) is 11.8. The maximum atomic E-state index is 13.3. The number of nitrogens with zero attached hydrogens (tertiary/aromatic N) is 4. The summed E-state index contributed by atoms with van der Waals surface area (Å²) in [5.74, 6) is 0.969. The summed E-state index contributed by atoms with van der Waals surface area (Å²) in [7, 11) is 1.96. The monoisotopic (exact) mass is 376 g/mol. The molecular weight excluding hydrogens is 340 g/mol. The number of hydrogen-bond acceptors (Lipinski definition) is 3. The molecule has 4 heterocycles. The van der Waals surface area contributed by atoms with Crippen LogP contribution in [-0.4, -0.2) is 90.9 Å². The van der Waals surface area contributed by atoms with Crippen LogP contribution in [0.3, 0.4) is 0 Å². The van der Waals surface area contributed by atoms with Crippen LogP contribution in [0.1, 0.15) is 46.0 Å². The Morgan fingerprint density at radius 1 is 0.963 bits per heavy atom. The number of urea groups is 1. The molecule has 4 saturated heterocycles. The van der Waals surface area contributed by atoms with Crippen molar-refractivity contribution < 1.29 is 9.59 Å². The third-order valence-corrected chi connectivity index (χ3v) is 7.66. The summed E-state index contributed by atoms with van der Waals surface area (Å²) >= 11 is 0. The van der Waals surface area contributed by atoms with E-state index in [1.807, 2.05) is 16.8 Å². The molecule has 0 N–H and O–H groups in total. The minimum Gasteiger partial charge on any atom is -0.345 e. The van der Waals surface area contributed by atoms with Gasteiger partial charge in [0.15, 0.2) is 0 Å². The van der Waals surface area contributed by atoms with Gasteiger partial charge in [0, 0.05) is 64.8 Å². The second kappa shape index (κ2) is 6.94. The van der Waals surface area contributed by atoms with Crippen molar-refractivity contribution in [2.45, 2.75) is 46.0 Å². The van der Waals surface area contributed by atoms with Crippen LogP contribution in [0.15, 0.2) is 0 Å². The Balaban J connectivity index is 1.51. The van der Waals surface area contributed by atoms with Crippen molar-refractivity contribution in [2.75, 3.05) is 59.4 Å². The van der Waals surface area contributed by atoms with Gasteiger partial charge in [0.2, 0.25) is 5.91 Å². The lowest BCUT2D eigenvalue weighted by atomic mass is 9.60. The van der Waals surface area contributed by atoms with Gasteiger partial charge in [0.25, 0.3) is 0 Å². The van der Waals surface area contributed by atoms with Crippen LogP contribution in [-0.2, 0) is 4.79 Å². The number of carbonyl (C=O) groups is 2. The van der Waals surface area contributed by atoms with Crippen LogP contribution in [0.2, 0.25) is 0 Å². The van der Waals surface area contributed by atoms with Gasteiger partial charge in [0.05, 0.1) is 5.41 Å². The van der Waals surface area contributed by atoms with Crippen molar-refractivity contribution in [3.05, 3.63) is 0 Å². The SMILES string of the molecule is CC(C)CN1CC2(CCN(C(=O)N3CCCC3)CC2)C2(CCN(C)C2=O)C1. The first kappa shape index (κ1) is 19.0. The van der Waals surface area contributed by atoms with Crippen molar-refractivity contribution in [2.24, 2.45) is 16.7 Å². The zero-order chi connectivity index (χ0) is 19.2. The zero-order valence-corrected chi connectivity index (χ0v) is 17.4. The summed E-state index contributed by atoms with van der Waals surface area (Å²) in [6, 6.07) is 0.225. The van der Waals surface area contributed by atoms with E-state index in [1.165, 1.54) is 0 Å². The molecule has 1 atom stereocenters. The van der Waals surface area contributed by atoms with Crippen LogP contribution in [0.4, 0.5) is 4.79 Å². The highest BCUT2D eigenvalue weighted by Gasteiger charge is 2.64. The lowest BCUT2D eigenvalue weighted by Gasteiger charge is -2.47. The summed E-state index contributed by atoms with van der Waals surface area (Å²) in [5.41, 5.74) is -0.176. The molecule has 2 spiro atoms. The van der Waals surface area contributed by atoms with Gasteiger partial charge in [-0.15, -0.1) is 0 Å². The number of rotatable bonds is 2. The topological polar surface area (TPSA) is 47.1 Å². The molecule has 0 aliphatic carbocycles. The van der Waals surface area contributed by atoms with E-state index in [0.717, 1.165) is 84.5 Å². The highest BCUT2D eigenvalue weighted by molar-refractivity contribution is 5.86. The number of fused-ring (bicyclic) bond motifs is 1. The summed E-state index contributed by atoms with van der Waals surface area (Å²) < 4.78 is 0. The fourth-order valence-electron chi connectivity index (χ4n) is 6.27. The van der Waals surface area contributed by atoms with Gasteiger partial charge in [-0.3, -0.25) is 4.79 Å². The molecule has 4 aliphatic rings. The van der Waals surface area contributed by atoms with Crippen LogP contribution in [0.25, 0.3) is 0 Å². The van der Waals surface area contributed by atoms with E-state index in [9.17, 15) is 9.59 Å². The average Bonchev–Trinajstić information content (AvgIpc) is 3.32. The summed E-state index contributed by atoms with van der Waals surface area (Å²) in [4.78, 5) is 34.6. The predicted molar refractivity (Wildman–Crippen MR) is 105 cm³/mol. The molecule has 4 rings (SSSR count). The third-order valence-electron chi connectivity index (χ3n) is 7.66. The van der Waals surface area contributed by atoms with Crippen LogP contribution >= 0.6 is 0 Å². The number of carbonyl (C=O) groups excluding carboxylic acids is 2. The summed E-state index contributed by atoms with van der Waals surface area (Å²) in [6.07, 6.45) is 5.20. The Kier molecular flexibility index (Phi) is 4.90. The van der Waals surface area contributed by atoms with E-state index < -0.39 is 0 Å². The van der Waals surface area contributed by atoms with Crippen LogP contribution < -0.4 is 0 Å². The predicted octanol–water partition coefficient (Wildman–Crippen LogP) is 2.10. The first-order valence-electron chi connectivity index (χ1n) is 10.9. The maximum Gasteiger partial charge on any atom is 0.319 e. The van der Waals surface area contributed by atoms with E-state index in [4.69, 9.17) is 0 Å². The molecule has 4 fully saturated rings. The lowest BCUT2D eigenvalue weighted by molar-refractivity contribution is -0.141. The molecule has 6 nitrogen and oxygen atoms in total. The fourth-order valence-corrected chi connectivity index (χ4v) is 6.27. The minimum absolute atomic E-state index is 0.0471. The van der Waals surface area contributed by atoms with Crippen molar-refractivity contribution >= 4 is 11.9 Å². The van der Waals surface area contributed by atoms with Gasteiger partial charge in [-0.1, -0.05) is 13.8 Å². The van der Waals surface area contributed by atoms with Gasteiger partial charge >= 0.3 is 6.03 Å². The van der Waals surface area contributed by atoms with Gasteiger partial charge in [-0.25, -0.2) is 4.79 Å². The Labute approximate surface area is 163 Å². The van der Waals surface area contributed by atoms with Crippen LogP contribution in [0.5, 0.6) is 0 Å². The molecule has 0 radical (unpaired) electrons. The van der Waals surface area contributed by atoms with Gasteiger partial charge in [-0.2, -0.15) is 0 Å². The van der Waals surface area contributed by atoms with E-state index in [0.29, 0.717) is 11.8 Å². The third kappa shape index (κ3) is 3.04.